The average molecular weight is 544 g/mol. The summed E-state index contributed by atoms with van der Waals surface area (Å²) in [5.41, 5.74) is 1.49. The summed E-state index contributed by atoms with van der Waals surface area (Å²) in [7, 11) is 0. The van der Waals surface area contributed by atoms with E-state index >= 15 is 0 Å². The predicted octanol–water partition coefficient (Wildman–Crippen LogP) is 4.40. The number of amides is 1. The van der Waals surface area contributed by atoms with Crippen LogP contribution < -0.4 is 10.2 Å². The summed E-state index contributed by atoms with van der Waals surface area (Å²) in [6.07, 6.45) is -1.27. The normalized spacial score (nSPS) is 15.4. The Hall–Kier alpha value is -3.66. The van der Waals surface area contributed by atoms with Crippen LogP contribution in [0.5, 0.6) is 0 Å². The number of nitrogens with zero attached hydrogens (tertiary/aromatic N) is 5. The fourth-order valence-corrected chi connectivity index (χ4v) is 4.32. The van der Waals surface area contributed by atoms with Gasteiger partial charge in [0.1, 0.15) is 23.2 Å². The van der Waals surface area contributed by atoms with Gasteiger partial charge < -0.3 is 10.2 Å². The van der Waals surface area contributed by atoms with E-state index in [1.54, 1.807) is 22.4 Å². The van der Waals surface area contributed by atoms with Gasteiger partial charge in [-0.1, -0.05) is 0 Å². The van der Waals surface area contributed by atoms with Gasteiger partial charge in [-0.3, -0.25) is 14.6 Å². The lowest BCUT2D eigenvalue weighted by molar-refractivity contribution is -0.149. The van der Waals surface area contributed by atoms with Gasteiger partial charge in [0.05, 0.1) is 35.6 Å². The van der Waals surface area contributed by atoms with E-state index in [-0.39, 0.29) is 37.6 Å². The van der Waals surface area contributed by atoms with Crippen molar-refractivity contribution in [1.29, 1.82) is 5.26 Å². The lowest BCUT2D eigenvalue weighted by Gasteiger charge is -2.50. The first kappa shape index (κ1) is 27.9. The quantitative estimate of drug-likeness (QED) is 0.449. The van der Waals surface area contributed by atoms with Crippen LogP contribution in [0.25, 0.3) is 11.1 Å². The smallest absolute Gasteiger partial charge is 0.364 e. The van der Waals surface area contributed by atoms with E-state index in [0.717, 1.165) is 28.6 Å². The topological polar surface area (TPSA) is 103 Å². The van der Waals surface area contributed by atoms with Crippen molar-refractivity contribution >= 4 is 24.0 Å². The van der Waals surface area contributed by atoms with Crippen molar-refractivity contribution in [2.75, 3.05) is 18.0 Å². The zero-order valence-corrected chi connectivity index (χ0v) is 20.8. The molecule has 1 saturated heterocycles. The molecule has 0 bridgehead atoms. The van der Waals surface area contributed by atoms with E-state index in [1.165, 1.54) is 4.90 Å². The molecule has 1 atom stereocenters. The number of benzene rings is 1. The number of aromatic nitrogens is 4. The standard InChI is InChI=1S/C23H22F5N7O.ClH/c1-12-20(13(2)33-32-12)15-8-30-35(9-15)22(4-5-29)10-34(11-22)19-7-17(24)16(6-18(19)25)21(36)31-14(3)23(26,27)28;/h6-9,14H,4,10-11H2,1-3H3,(H,31,36)(H,32,33);1H/t14-;/m0./s1. The van der Waals surface area contributed by atoms with Crippen LogP contribution >= 0.6 is 12.4 Å². The second kappa shape index (κ2) is 10.0. The van der Waals surface area contributed by atoms with Crippen molar-refractivity contribution < 1.29 is 26.7 Å². The van der Waals surface area contributed by atoms with Crippen molar-refractivity contribution in [3.63, 3.8) is 0 Å². The van der Waals surface area contributed by atoms with Crippen LogP contribution in [-0.2, 0) is 5.54 Å². The van der Waals surface area contributed by atoms with Crippen molar-refractivity contribution in [2.45, 2.75) is 44.9 Å². The molecule has 3 aromatic rings. The summed E-state index contributed by atoms with van der Waals surface area (Å²) in [6, 6.07) is 1.22. The fourth-order valence-electron chi connectivity index (χ4n) is 4.32. The molecule has 14 heteroatoms. The molecule has 3 heterocycles. The molecule has 4 rings (SSSR count). The third-order valence-electron chi connectivity index (χ3n) is 6.32. The molecule has 0 unspecified atom stereocenters. The number of halogens is 6. The lowest BCUT2D eigenvalue weighted by Crippen LogP contribution is -2.63. The highest BCUT2D eigenvalue weighted by Crippen LogP contribution is 2.39. The van der Waals surface area contributed by atoms with Crippen LogP contribution in [0.4, 0.5) is 27.6 Å². The van der Waals surface area contributed by atoms with Gasteiger partial charge in [0.2, 0.25) is 0 Å². The second-order valence-corrected chi connectivity index (χ2v) is 8.92. The maximum atomic E-state index is 14.8. The molecule has 0 spiro atoms. The Morgan fingerprint density at radius 1 is 1.27 bits per heavy atom. The van der Waals surface area contributed by atoms with Gasteiger partial charge in [0, 0.05) is 42.2 Å². The molecule has 0 radical (unpaired) electrons. The number of carbonyl (C=O) groups excluding carboxylic acids is 1. The van der Waals surface area contributed by atoms with E-state index in [2.05, 4.69) is 21.4 Å². The first-order chi connectivity index (χ1) is 16.9. The molecule has 2 N–H and O–H groups in total. The van der Waals surface area contributed by atoms with Crippen LogP contribution in [0.1, 0.15) is 35.1 Å². The summed E-state index contributed by atoms with van der Waals surface area (Å²) in [4.78, 5) is 13.6. The number of rotatable bonds is 6. The van der Waals surface area contributed by atoms with E-state index in [4.69, 9.17) is 0 Å². The highest BCUT2D eigenvalue weighted by atomic mass is 35.5. The zero-order valence-electron chi connectivity index (χ0n) is 20.0. The summed E-state index contributed by atoms with van der Waals surface area (Å²) in [5, 5.41) is 22.5. The average Bonchev–Trinajstić information content (AvgIpc) is 3.37. The number of carbonyl (C=O) groups is 1. The molecule has 1 aliphatic rings. The Kier molecular flexibility index (Phi) is 7.55. The molecule has 0 aliphatic carbocycles. The van der Waals surface area contributed by atoms with Gasteiger partial charge in [0.25, 0.3) is 5.91 Å². The number of H-pyrrole nitrogens is 1. The second-order valence-electron chi connectivity index (χ2n) is 8.92. The largest absolute Gasteiger partial charge is 0.408 e. The number of hydrogen-bond acceptors (Lipinski definition) is 5. The summed E-state index contributed by atoms with van der Waals surface area (Å²) in [6.45, 7) is 4.66. The number of alkyl halides is 3. The fraction of sp³-hybridized carbons (Fsp3) is 0.391. The summed E-state index contributed by atoms with van der Waals surface area (Å²) >= 11 is 0. The Labute approximate surface area is 214 Å². The van der Waals surface area contributed by atoms with E-state index in [1.807, 2.05) is 13.8 Å². The zero-order chi connectivity index (χ0) is 26.4. The molecule has 1 fully saturated rings. The summed E-state index contributed by atoms with van der Waals surface area (Å²) in [5.74, 6) is -3.51. The SMILES string of the molecule is Cc1n[nH]c(C)c1-c1cnn(C2(CC#N)CN(c3cc(F)c(C(=O)N[C@@H](C)C(F)(F)F)cc3F)C2)c1.Cl. The third kappa shape index (κ3) is 5.11. The Bertz CT molecular complexity index is 1330. The third-order valence-corrected chi connectivity index (χ3v) is 6.32. The van der Waals surface area contributed by atoms with Gasteiger partial charge >= 0.3 is 6.18 Å². The highest BCUT2D eigenvalue weighted by molar-refractivity contribution is 5.95. The van der Waals surface area contributed by atoms with Crippen LogP contribution in [0.2, 0.25) is 0 Å². The van der Waals surface area contributed by atoms with Gasteiger partial charge in [-0.15, -0.1) is 12.4 Å². The molecular weight excluding hydrogens is 521 g/mol. The number of nitrogens with one attached hydrogen (secondary N) is 2. The van der Waals surface area contributed by atoms with E-state index < -0.39 is 40.9 Å². The van der Waals surface area contributed by atoms with Gasteiger partial charge in [-0.2, -0.15) is 28.6 Å². The number of nitriles is 1. The first-order valence-corrected chi connectivity index (χ1v) is 10.9. The molecule has 37 heavy (non-hydrogen) atoms. The van der Waals surface area contributed by atoms with Crippen LogP contribution in [0, 0.1) is 36.8 Å². The van der Waals surface area contributed by atoms with Crippen molar-refractivity contribution in [1.82, 2.24) is 25.3 Å². The van der Waals surface area contributed by atoms with Crippen LogP contribution in [-0.4, -0.2) is 51.2 Å². The number of hydrogen-bond donors (Lipinski definition) is 2. The Morgan fingerprint density at radius 3 is 2.51 bits per heavy atom. The summed E-state index contributed by atoms with van der Waals surface area (Å²) < 4.78 is 69.2. The van der Waals surface area contributed by atoms with E-state index in [9.17, 15) is 32.0 Å². The van der Waals surface area contributed by atoms with Crippen molar-refractivity contribution in [3.05, 3.63) is 53.1 Å². The molecule has 2 aromatic heterocycles. The maximum Gasteiger partial charge on any atom is 0.408 e. The monoisotopic (exact) mass is 543 g/mol. The van der Waals surface area contributed by atoms with Gasteiger partial charge in [-0.25, -0.2) is 8.78 Å². The van der Waals surface area contributed by atoms with E-state index in [0.29, 0.717) is 13.0 Å². The molecule has 1 aliphatic heterocycles. The Morgan fingerprint density at radius 2 is 1.95 bits per heavy atom. The first-order valence-electron chi connectivity index (χ1n) is 10.9. The minimum Gasteiger partial charge on any atom is -0.364 e. The number of aryl methyl sites for hydroxylation is 2. The molecule has 198 valence electrons. The van der Waals surface area contributed by atoms with Crippen molar-refractivity contribution in [3.8, 4) is 17.2 Å². The Balaban J connectivity index is 0.00000380. The lowest BCUT2D eigenvalue weighted by atomic mass is 9.86. The highest BCUT2D eigenvalue weighted by Gasteiger charge is 2.47. The van der Waals surface area contributed by atoms with Crippen LogP contribution in [0.3, 0.4) is 0 Å². The minimum atomic E-state index is -4.73. The molecule has 1 amide bonds. The minimum absolute atomic E-state index is 0. The molecule has 0 saturated carbocycles. The molecular formula is C23H23ClF5N7O. The molecule has 8 nitrogen and oxygen atoms in total. The predicted molar refractivity (Wildman–Crippen MR) is 126 cm³/mol. The maximum absolute atomic E-state index is 14.8. The number of aromatic amines is 1. The van der Waals surface area contributed by atoms with Crippen molar-refractivity contribution in [2.24, 2.45) is 0 Å². The van der Waals surface area contributed by atoms with Crippen LogP contribution in [0.15, 0.2) is 24.5 Å². The van der Waals surface area contributed by atoms with Gasteiger partial charge in [-0.05, 0) is 26.8 Å². The van der Waals surface area contributed by atoms with Gasteiger partial charge in [0.15, 0.2) is 0 Å². The molecule has 1 aromatic carbocycles. The number of anilines is 1.